The zero-order valence-electron chi connectivity index (χ0n) is 14.1. The van der Waals surface area contributed by atoms with E-state index in [0.717, 1.165) is 25.1 Å². The van der Waals surface area contributed by atoms with E-state index >= 15 is 0 Å². The molecule has 3 rings (SSSR count). The minimum atomic E-state index is -0.318. The first-order valence-corrected chi connectivity index (χ1v) is 8.99. The van der Waals surface area contributed by atoms with Crippen LogP contribution in [0.3, 0.4) is 0 Å². The molecule has 0 bridgehead atoms. The van der Waals surface area contributed by atoms with Gasteiger partial charge in [-0.1, -0.05) is 30.0 Å². The van der Waals surface area contributed by atoms with Gasteiger partial charge in [0.2, 0.25) is 5.91 Å². The number of aryl methyl sites for hydroxylation is 2. The highest BCUT2D eigenvalue weighted by Crippen LogP contribution is 2.30. The van der Waals surface area contributed by atoms with E-state index in [9.17, 15) is 9.59 Å². The molecule has 0 saturated carbocycles. The third-order valence-corrected chi connectivity index (χ3v) is 5.36. The van der Waals surface area contributed by atoms with Gasteiger partial charge in [0.25, 0.3) is 5.56 Å². The zero-order valence-corrected chi connectivity index (χ0v) is 14.9. The van der Waals surface area contributed by atoms with Gasteiger partial charge in [-0.15, -0.1) is 0 Å². The molecular weight excluding hydrogens is 322 g/mol. The molecule has 5 nitrogen and oxygen atoms in total. The summed E-state index contributed by atoms with van der Waals surface area (Å²) in [6.45, 7) is 6.15. The third-order valence-electron chi connectivity index (χ3n) is 4.39. The lowest BCUT2D eigenvalue weighted by molar-refractivity contribution is -0.117. The minimum Gasteiger partial charge on any atom is -0.311 e. The zero-order chi connectivity index (χ0) is 17.3. The fourth-order valence-corrected chi connectivity index (χ4v) is 3.78. The molecule has 0 fully saturated rings. The van der Waals surface area contributed by atoms with Crippen molar-refractivity contribution >= 4 is 23.4 Å². The molecule has 0 aliphatic carbocycles. The number of fused-ring (bicyclic) bond motifs is 1. The Hall–Kier alpha value is -2.08. The predicted octanol–water partition coefficient (Wildman–Crippen LogP) is 2.85. The lowest BCUT2D eigenvalue weighted by atomic mass is 10.0. The highest BCUT2D eigenvalue weighted by molar-refractivity contribution is 8.00. The Balaban J connectivity index is 1.80. The molecule has 1 aromatic carbocycles. The summed E-state index contributed by atoms with van der Waals surface area (Å²) in [5.41, 5.74) is 3.38. The lowest BCUT2D eigenvalue weighted by Crippen LogP contribution is -2.40. The highest BCUT2D eigenvalue weighted by atomic mass is 32.2. The molecule has 2 heterocycles. The van der Waals surface area contributed by atoms with Crippen molar-refractivity contribution in [1.29, 1.82) is 0 Å². The summed E-state index contributed by atoms with van der Waals surface area (Å²) in [5, 5.41) is 0.177. The standard InChI is InChI=1S/C18H21N3O2S/c1-11-12(2)19-18(20-16(11)22)24-13(3)17(23)21-10-6-8-14-7-4-5-9-15(14)21/h4-5,7,9,13H,6,8,10H2,1-3H3,(H,19,20,22)/t13-/m1/s1. The molecule has 0 spiro atoms. The van der Waals surface area contributed by atoms with Crippen LogP contribution in [0.4, 0.5) is 5.69 Å². The number of rotatable bonds is 3. The highest BCUT2D eigenvalue weighted by Gasteiger charge is 2.27. The van der Waals surface area contributed by atoms with Gasteiger partial charge in [0, 0.05) is 23.5 Å². The van der Waals surface area contributed by atoms with E-state index in [2.05, 4.69) is 16.0 Å². The maximum absolute atomic E-state index is 12.9. The van der Waals surface area contributed by atoms with Gasteiger partial charge in [0.1, 0.15) is 0 Å². The molecule has 1 N–H and O–H groups in total. The van der Waals surface area contributed by atoms with Crippen molar-refractivity contribution in [2.45, 2.75) is 44.0 Å². The van der Waals surface area contributed by atoms with Gasteiger partial charge >= 0.3 is 0 Å². The van der Waals surface area contributed by atoms with Crippen molar-refractivity contribution in [3.05, 3.63) is 51.4 Å². The van der Waals surface area contributed by atoms with Crippen LogP contribution in [-0.2, 0) is 11.2 Å². The molecule has 2 aromatic rings. The minimum absolute atomic E-state index is 0.0491. The van der Waals surface area contributed by atoms with Gasteiger partial charge in [-0.05, 0) is 45.2 Å². The van der Waals surface area contributed by atoms with Crippen LogP contribution >= 0.6 is 11.8 Å². The topological polar surface area (TPSA) is 66.1 Å². The molecule has 24 heavy (non-hydrogen) atoms. The number of thioether (sulfide) groups is 1. The van der Waals surface area contributed by atoms with Gasteiger partial charge in [-0.2, -0.15) is 0 Å². The van der Waals surface area contributed by atoms with Crippen LogP contribution in [0.15, 0.2) is 34.2 Å². The summed E-state index contributed by atoms with van der Waals surface area (Å²) in [6.07, 6.45) is 1.98. The Morgan fingerprint density at radius 2 is 2.08 bits per heavy atom. The Kier molecular flexibility index (Phi) is 4.76. The second kappa shape index (κ2) is 6.81. The fraction of sp³-hybridized carbons (Fsp3) is 0.389. The van der Waals surface area contributed by atoms with Gasteiger partial charge in [-0.3, -0.25) is 9.59 Å². The van der Waals surface area contributed by atoms with Gasteiger partial charge in [-0.25, -0.2) is 4.98 Å². The summed E-state index contributed by atoms with van der Waals surface area (Å²) in [5.74, 6) is 0.0491. The molecule has 1 amide bonds. The predicted molar refractivity (Wildman–Crippen MR) is 96.8 cm³/mol. The summed E-state index contributed by atoms with van der Waals surface area (Å²) < 4.78 is 0. The van der Waals surface area contributed by atoms with Crippen molar-refractivity contribution in [3.8, 4) is 0 Å². The molecule has 1 aromatic heterocycles. The number of amides is 1. The molecule has 0 unspecified atom stereocenters. The second-order valence-electron chi connectivity index (χ2n) is 6.06. The van der Waals surface area contributed by atoms with E-state index in [1.54, 1.807) is 6.92 Å². The number of hydrogen-bond donors (Lipinski definition) is 1. The van der Waals surface area contributed by atoms with Crippen LogP contribution in [-0.4, -0.2) is 27.7 Å². The average Bonchev–Trinajstić information content (AvgIpc) is 2.58. The Bertz CT molecular complexity index is 831. The van der Waals surface area contributed by atoms with Crippen molar-refractivity contribution in [1.82, 2.24) is 9.97 Å². The fourth-order valence-electron chi connectivity index (χ4n) is 2.87. The number of benzene rings is 1. The quantitative estimate of drug-likeness (QED) is 0.687. The number of aromatic amines is 1. The number of carbonyl (C=O) groups is 1. The molecule has 126 valence electrons. The van der Waals surface area contributed by atoms with Gasteiger partial charge < -0.3 is 9.88 Å². The second-order valence-corrected chi connectivity index (χ2v) is 7.39. The lowest BCUT2D eigenvalue weighted by Gasteiger charge is -2.31. The number of para-hydroxylation sites is 1. The number of nitrogens with one attached hydrogen (secondary N) is 1. The maximum Gasteiger partial charge on any atom is 0.254 e. The first kappa shape index (κ1) is 16.8. The SMILES string of the molecule is Cc1nc(S[C@H](C)C(=O)N2CCCc3ccccc32)[nH]c(=O)c1C. The molecule has 6 heteroatoms. The summed E-state index contributed by atoms with van der Waals surface area (Å²) >= 11 is 1.30. The van der Waals surface area contributed by atoms with Crippen LogP contribution in [0, 0.1) is 13.8 Å². The van der Waals surface area contributed by atoms with Crippen LogP contribution in [0.2, 0.25) is 0 Å². The Morgan fingerprint density at radius 1 is 1.33 bits per heavy atom. The number of carbonyl (C=O) groups excluding carboxylic acids is 1. The summed E-state index contributed by atoms with van der Waals surface area (Å²) in [7, 11) is 0. The first-order chi connectivity index (χ1) is 11.5. The number of hydrogen-bond acceptors (Lipinski definition) is 4. The number of anilines is 1. The maximum atomic E-state index is 12.9. The largest absolute Gasteiger partial charge is 0.311 e. The smallest absolute Gasteiger partial charge is 0.254 e. The molecule has 0 radical (unpaired) electrons. The van der Waals surface area contributed by atoms with E-state index < -0.39 is 0 Å². The van der Waals surface area contributed by atoms with E-state index in [-0.39, 0.29) is 16.7 Å². The molecule has 1 aliphatic heterocycles. The molecule has 1 aliphatic rings. The molecule has 1 atom stereocenters. The van der Waals surface area contributed by atoms with E-state index in [0.29, 0.717) is 16.4 Å². The van der Waals surface area contributed by atoms with Gasteiger partial charge in [0.15, 0.2) is 5.16 Å². The van der Waals surface area contributed by atoms with Gasteiger partial charge in [0.05, 0.1) is 5.25 Å². The van der Waals surface area contributed by atoms with Crippen LogP contribution < -0.4 is 10.5 Å². The van der Waals surface area contributed by atoms with Crippen molar-refractivity contribution < 1.29 is 4.79 Å². The monoisotopic (exact) mass is 343 g/mol. The Morgan fingerprint density at radius 3 is 2.83 bits per heavy atom. The first-order valence-electron chi connectivity index (χ1n) is 8.11. The van der Waals surface area contributed by atoms with Crippen LogP contribution in [0.5, 0.6) is 0 Å². The summed E-state index contributed by atoms with van der Waals surface area (Å²) in [6, 6.07) is 8.05. The van der Waals surface area contributed by atoms with Crippen molar-refractivity contribution in [2.24, 2.45) is 0 Å². The third kappa shape index (κ3) is 3.24. The molecule has 0 saturated heterocycles. The number of aromatic nitrogens is 2. The van der Waals surface area contributed by atoms with E-state index in [1.807, 2.05) is 36.9 Å². The molecular formula is C18H21N3O2S. The Labute approximate surface area is 145 Å². The van der Waals surface area contributed by atoms with E-state index in [1.165, 1.54) is 17.3 Å². The normalized spacial score (nSPS) is 15.0. The average molecular weight is 343 g/mol. The van der Waals surface area contributed by atoms with E-state index in [4.69, 9.17) is 0 Å². The number of nitrogens with zero attached hydrogens (tertiary/aromatic N) is 2. The number of H-pyrrole nitrogens is 1. The van der Waals surface area contributed by atoms with Crippen LogP contribution in [0.1, 0.15) is 30.2 Å². The van der Waals surface area contributed by atoms with Crippen molar-refractivity contribution in [3.63, 3.8) is 0 Å². The summed E-state index contributed by atoms with van der Waals surface area (Å²) in [4.78, 5) is 33.7. The van der Waals surface area contributed by atoms with Crippen molar-refractivity contribution in [2.75, 3.05) is 11.4 Å². The van der Waals surface area contributed by atoms with Crippen LogP contribution in [0.25, 0.3) is 0 Å².